The molecule has 1 amide bonds. The first kappa shape index (κ1) is 13.4. The third-order valence-electron chi connectivity index (χ3n) is 2.91. The van der Waals surface area contributed by atoms with E-state index in [2.05, 4.69) is 5.32 Å². The molecular formula is C14H17NO4. The van der Waals surface area contributed by atoms with E-state index in [1.54, 1.807) is 6.92 Å². The van der Waals surface area contributed by atoms with Crippen LogP contribution in [0, 0.1) is 0 Å². The van der Waals surface area contributed by atoms with Crippen LogP contribution >= 0.6 is 0 Å². The Bertz CT molecular complexity index is 484. The molecule has 0 unspecified atom stereocenters. The maximum absolute atomic E-state index is 11.5. The van der Waals surface area contributed by atoms with Crippen molar-refractivity contribution in [2.75, 3.05) is 19.8 Å². The maximum atomic E-state index is 11.5. The van der Waals surface area contributed by atoms with E-state index < -0.39 is 5.97 Å². The quantitative estimate of drug-likeness (QED) is 0.818. The Labute approximate surface area is 111 Å². The molecule has 1 heterocycles. The molecule has 2 rings (SSSR count). The summed E-state index contributed by atoms with van der Waals surface area (Å²) in [4.78, 5) is 22.7. The van der Waals surface area contributed by atoms with Crippen molar-refractivity contribution in [2.24, 2.45) is 0 Å². The highest BCUT2D eigenvalue weighted by atomic mass is 16.6. The number of ether oxygens (including phenoxy) is 2. The van der Waals surface area contributed by atoms with Crippen LogP contribution in [-0.4, -0.2) is 31.6 Å². The number of esters is 1. The number of hydrogen-bond acceptors (Lipinski definition) is 4. The standard InChI is InChI=1S/C14H17NO4/c1-2-18-14(17)9-19-12-4-3-10-5-6-15-13(16)8-11(10)7-12/h3-4,7H,2,5-6,8-9H2,1H3,(H,15,16). The van der Waals surface area contributed by atoms with E-state index >= 15 is 0 Å². The van der Waals surface area contributed by atoms with Gasteiger partial charge in [-0.1, -0.05) is 6.07 Å². The number of amides is 1. The summed E-state index contributed by atoms with van der Waals surface area (Å²) in [6, 6.07) is 5.57. The zero-order chi connectivity index (χ0) is 13.7. The molecule has 0 aliphatic carbocycles. The lowest BCUT2D eigenvalue weighted by Gasteiger charge is -2.09. The van der Waals surface area contributed by atoms with Crippen molar-refractivity contribution in [3.8, 4) is 5.75 Å². The summed E-state index contributed by atoms with van der Waals surface area (Å²) in [5, 5.41) is 2.82. The molecule has 1 aliphatic heterocycles. The molecule has 0 saturated heterocycles. The van der Waals surface area contributed by atoms with Gasteiger partial charge in [0, 0.05) is 6.54 Å². The maximum Gasteiger partial charge on any atom is 0.344 e. The van der Waals surface area contributed by atoms with E-state index in [-0.39, 0.29) is 12.5 Å². The van der Waals surface area contributed by atoms with E-state index in [0.29, 0.717) is 25.3 Å². The molecule has 5 nitrogen and oxygen atoms in total. The van der Waals surface area contributed by atoms with Crippen LogP contribution in [0.5, 0.6) is 5.75 Å². The molecule has 102 valence electrons. The van der Waals surface area contributed by atoms with Crippen molar-refractivity contribution in [1.29, 1.82) is 0 Å². The first-order valence-corrected chi connectivity index (χ1v) is 6.36. The summed E-state index contributed by atoms with van der Waals surface area (Å²) < 4.78 is 10.1. The Morgan fingerprint density at radius 1 is 1.37 bits per heavy atom. The molecule has 0 saturated carbocycles. The molecule has 19 heavy (non-hydrogen) atoms. The number of rotatable bonds is 4. The van der Waals surface area contributed by atoms with Crippen molar-refractivity contribution in [3.05, 3.63) is 29.3 Å². The van der Waals surface area contributed by atoms with Crippen LogP contribution in [0.15, 0.2) is 18.2 Å². The van der Waals surface area contributed by atoms with Gasteiger partial charge in [0.25, 0.3) is 0 Å². The summed E-state index contributed by atoms with van der Waals surface area (Å²) in [5.41, 5.74) is 2.10. The molecule has 0 aromatic heterocycles. The van der Waals surface area contributed by atoms with Crippen LogP contribution in [0.1, 0.15) is 18.1 Å². The van der Waals surface area contributed by atoms with Gasteiger partial charge in [-0.3, -0.25) is 4.79 Å². The molecule has 1 aromatic carbocycles. The van der Waals surface area contributed by atoms with Crippen LogP contribution in [0.3, 0.4) is 0 Å². The minimum absolute atomic E-state index is 0.0151. The molecule has 0 bridgehead atoms. The summed E-state index contributed by atoms with van der Waals surface area (Å²) in [6.07, 6.45) is 1.17. The van der Waals surface area contributed by atoms with Gasteiger partial charge in [-0.05, 0) is 36.6 Å². The molecule has 0 fully saturated rings. The van der Waals surface area contributed by atoms with E-state index in [1.807, 2.05) is 18.2 Å². The lowest BCUT2D eigenvalue weighted by atomic mass is 10.0. The number of benzene rings is 1. The molecule has 5 heteroatoms. The van der Waals surface area contributed by atoms with Gasteiger partial charge in [0.15, 0.2) is 6.61 Å². The van der Waals surface area contributed by atoms with Crippen LogP contribution in [0.2, 0.25) is 0 Å². The largest absolute Gasteiger partial charge is 0.482 e. The smallest absolute Gasteiger partial charge is 0.344 e. The topological polar surface area (TPSA) is 64.6 Å². The first-order chi connectivity index (χ1) is 9.19. The third-order valence-corrected chi connectivity index (χ3v) is 2.91. The van der Waals surface area contributed by atoms with Crippen molar-refractivity contribution >= 4 is 11.9 Å². The molecular weight excluding hydrogens is 246 g/mol. The molecule has 0 atom stereocenters. The Hall–Kier alpha value is -2.04. The Morgan fingerprint density at radius 2 is 2.21 bits per heavy atom. The minimum Gasteiger partial charge on any atom is -0.482 e. The van der Waals surface area contributed by atoms with Crippen LogP contribution in [0.25, 0.3) is 0 Å². The predicted molar refractivity (Wildman–Crippen MR) is 69.0 cm³/mol. The first-order valence-electron chi connectivity index (χ1n) is 6.36. The second-order valence-corrected chi connectivity index (χ2v) is 4.30. The average molecular weight is 263 g/mol. The Balaban J connectivity index is 2.03. The van der Waals surface area contributed by atoms with Crippen molar-refractivity contribution in [1.82, 2.24) is 5.32 Å². The van der Waals surface area contributed by atoms with Crippen molar-refractivity contribution < 1.29 is 19.1 Å². The number of carbonyl (C=O) groups excluding carboxylic acids is 2. The van der Waals surface area contributed by atoms with Gasteiger partial charge in [0.05, 0.1) is 13.0 Å². The van der Waals surface area contributed by atoms with Gasteiger partial charge in [-0.2, -0.15) is 0 Å². The summed E-state index contributed by atoms with van der Waals surface area (Å²) >= 11 is 0. The predicted octanol–water partition coefficient (Wildman–Crippen LogP) is 0.843. The fourth-order valence-corrected chi connectivity index (χ4v) is 2.02. The third kappa shape index (κ3) is 3.71. The normalized spacial score (nSPS) is 14.1. The highest BCUT2D eigenvalue weighted by Gasteiger charge is 2.14. The lowest BCUT2D eigenvalue weighted by Crippen LogP contribution is -2.24. The van der Waals surface area contributed by atoms with Gasteiger partial charge < -0.3 is 14.8 Å². The minimum atomic E-state index is -0.393. The SMILES string of the molecule is CCOC(=O)COc1ccc2c(c1)CC(=O)NCC2. The molecule has 0 spiro atoms. The fourth-order valence-electron chi connectivity index (χ4n) is 2.02. The van der Waals surface area contributed by atoms with Gasteiger partial charge in [-0.15, -0.1) is 0 Å². The van der Waals surface area contributed by atoms with Gasteiger partial charge in [0.2, 0.25) is 5.91 Å². The van der Waals surface area contributed by atoms with Crippen LogP contribution < -0.4 is 10.1 Å². The second-order valence-electron chi connectivity index (χ2n) is 4.30. The highest BCUT2D eigenvalue weighted by Crippen LogP contribution is 2.20. The molecule has 1 aliphatic rings. The van der Waals surface area contributed by atoms with E-state index in [4.69, 9.17) is 9.47 Å². The number of carbonyl (C=O) groups is 2. The van der Waals surface area contributed by atoms with Crippen LogP contribution in [-0.2, 0) is 27.2 Å². The monoisotopic (exact) mass is 263 g/mol. The summed E-state index contributed by atoms with van der Waals surface area (Å²) in [6.45, 7) is 2.64. The van der Waals surface area contributed by atoms with E-state index in [1.165, 1.54) is 0 Å². The van der Waals surface area contributed by atoms with Gasteiger partial charge in [-0.25, -0.2) is 4.79 Å². The van der Waals surface area contributed by atoms with Crippen LogP contribution in [0.4, 0.5) is 0 Å². The number of hydrogen-bond donors (Lipinski definition) is 1. The van der Waals surface area contributed by atoms with Gasteiger partial charge in [0.1, 0.15) is 5.75 Å². The Morgan fingerprint density at radius 3 is 3.00 bits per heavy atom. The molecule has 1 N–H and O–H groups in total. The number of nitrogens with one attached hydrogen (secondary N) is 1. The van der Waals surface area contributed by atoms with Crippen molar-refractivity contribution in [3.63, 3.8) is 0 Å². The van der Waals surface area contributed by atoms with Crippen molar-refractivity contribution in [2.45, 2.75) is 19.8 Å². The highest BCUT2D eigenvalue weighted by molar-refractivity contribution is 5.79. The summed E-state index contributed by atoms with van der Waals surface area (Å²) in [5.74, 6) is 0.206. The zero-order valence-corrected chi connectivity index (χ0v) is 10.9. The second kappa shape index (κ2) is 6.22. The lowest BCUT2D eigenvalue weighted by molar-refractivity contribution is -0.145. The van der Waals surface area contributed by atoms with E-state index in [0.717, 1.165) is 17.5 Å². The molecule has 0 radical (unpaired) electrons. The average Bonchev–Trinajstić information content (AvgIpc) is 2.56. The Kier molecular flexibility index (Phi) is 4.39. The zero-order valence-electron chi connectivity index (χ0n) is 10.9. The van der Waals surface area contributed by atoms with E-state index in [9.17, 15) is 9.59 Å². The van der Waals surface area contributed by atoms with Gasteiger partial charge >= 0.3 is 5.97 Å². The molecule has 1 aromatic rings. The fraction of sp³-hybridized carbons (Fsp3) is 0.429. The summed E-state index contributed by atoms with van der Waals surface area (Å²) in [7, 11) is 0. The number of fused-ring (bicyclic) bond motifs is 1.